The molecule has 0 spiro atoms. The fourth-order valence-corrected chi connectivity index (χ4v) is 5.06. The molecule has 2 aromatic carbocycles. The Morgan fingerprint density at radius 3 is 2.81 bits per heavy atom. The minimum absolute atomic E-state index is 0.0250. The molecule has 1 fully saturated rings. The van der Waals surface area contributed by atoms with Crippen molar-refractivity contribution in [1.82, 2.24) is 9.29 Å². The van der Waals surface area contributed by atoms with Crippen LogP contribution in [0.5, 0.6) is 5.75 Å². The van der Waals surface area contributed by atoms with E-state index in [0.29, 0.717) is 25.3 Å². The zero-order valence-corrected chi connectivity index (χ0v) is 16.0. The molecule has 1 aromatic heterocycles. The van der Waals surface area contributed by atoms with Gasteiger partial charge in [-0.2, -0.15) is 4.31 Å². The molecule has 2 heterocycles. The Balaban J connectivity index is 1.46. The van der Waals surface area contributed by atoms with Crippen molar-refractivity contribution in [2.75, 3.05) is 13.1 Å². The highest BCUT2D eigenvalue weighted by Gasteiger charge is 2.32. The van der Waals surface area contributed by atoms with Crippen LogP contribution < -0.4 is 4.74 Å². The average molecular weight is 382 g/mol. The van der Waals surface area contributed by atoms with E-state index in [9.17, 15) is 8.42 Å². The molecular formula is C21H22N2O3S. The standard InChI is InChI=1S/C21H22N2O3S/c1-16-5-2-6-17(13-16)15-27(24,25)23-12-10-19(14-23)26-20-9-3-7-18-8-4-11-22-21(18)20/h2-9,11,13,19H,10,12,14-15H2,1H3. The summed E-state index contributed by atoms with van der Waals surface area (Å²) in [5, 5.41) is 1.01. The monoisotopic (exact) mass is 382 g/mol. The van der Waals surface area contributed by atoms with Crippen molar-refractivity contribution < 1.29 is 13.2 Å². The van der Waals surface area contributed by atoms with Gasteiger partial charge in [0.05, 0.1) is 12.3 Å². The van der Waals surface area contributed by atoms with Gasteiger partial charge < -0.3 is 4.74 Å². The number of para-hydroxylation sites is 1. The Morgan fingerprint density at radius 2 is 1.96 bits per heavy atom. The molecule has 5 nitrogen and oxygen atoms in total. The van der Waals surface area contributed by atoms with E-state index in [-0.39, 0.29) is 11.9 Å². The third-order valence-electron chi connectivity index (χ3n) is 4.82. The van der Waals surface area contributed by atoms with Crippen molar-refractivity contribution in [3.05, 3.63) is 71.9 Å². The first kappa shape index (κ1) is 17.9. The molecule has 0 aliphatic carbocycles. The molecule has 1 saturated heterocycles. The molecule has 1 aliphatic rings. The average Bonchev–Trinajstić information content (AvgIpc) is 3.11. The summed E-state index contributed by atoms with van der Waals surface area (Å²) in [5.74, 6) is 0.730. The third kappa shape index (κ3) is 3.96. The molecule has 1 unspecified atom stereocenters. The summed E-state index contributed by atoms with van der Waals surface area (Å²) in [5.41, 5.74) is 2.69. The van der Waals surface area contributed by atoms with Crippen molar-refractivity contribution in [3.63, 3.8) is 0 Å². The van der Waals surface area contributed by atoms with Crippen LogP contribution in [0.1, 0.15) is 17.5 Å². The summed E-state index contributed by atoms with van der Waals surface area (Å²) in [4.78, 5) is 4.40. The largest absolute Gasteiger partial charge is 0.487 e. The number of rotatable bonds is 5. The van der Waals surface area contributed by atoms with Gasteiger partial charge in [-0.1, -0.05) is 48.0 Å². The van der Waals surface area contributed by atoms with Crippen LogP contribution in [0.4, 0.5) is 0 Å². The number of fused-ring (bicyclic) bond motifs is 1. The van der Waals surface area contributed by atoms with Gasteiger partial charge in [-0.3, -0.25) is 4.98 Å². The van der Waals surface area contributed by atoms with Crippen molar-refractivity contribution in [2.45, 2.75) is 25.2 Å². The zero-order valence-electron chi connectivity index (χ0n) is 15.2. The fraction of sp³-hybridized carbons (Fsp3) is 0.286. The molecule has 0 saturated carbocycles. The second-order valence-electron chi connectivity index (χ2n) is 6.96. The minimum atomic E-state index is -3.36. The molecular weight excluding hydrogens is 360 g/mol. The van der Waals surface area contributed by atoms with Crippen LogP contribution in [-0.4, -0.2) is 36.9 Å². The van der Waals surface area contributed by atoms with E-state index in [0.717, 1.165) is 22.0 Å². The Morgan fingerprint density at radius 1 is 1.15 bits per heavy atom. The third-order valence-corrected chi connectivity index (χ3v) is 6.64. The Kier molecular flexibility index (Phi) is 4.85. The topological polar surface area (TPSA) is 59.5 Å². The SMILES string of the molecule is Cc1cccc(CS(=O)(=O)N2CCC(Oc3cccc4cccnc34)C2)c1. The first-order valence-corrected chi connectivity index (χ1v) is 10.7. The minimum Gasteiger partial charge on any atom is -0.487 e. The molecule has 1 atom stereocenters. The van der Waals surface area contributed by atoms with E-state index < -0.39 is 10.0 Å². The van der Waals surface area contributed by atoms with Gasteiger partial charge in [-0.15, -0.1) is 0 Å². The van der Waals surface area contributed by atoms with Crippen LogP contribution in [0.2, 0.25) is 0 Å². The molecule has 6 heteroatoms. The van der Waals surface area contributed by atoms with Crippen LogP contribution in [0.15, 0.2) is 60.8 Å². The number of nitrogens with zero attached hydrogens (tertiary/aromatic N) is 2. The molecule has 0 N–H and O–H groups in total. The Bertz CT molecular complexity index is 1060. The number of aromatic nitrogens is 1. The van der Waals surface area contributed by atoms with Gasteiger partial charge in [-0.05, 0) is 31.0 Å². The highest BCUT2D eigenvalue weighted by molar-refractivity contribution is 7.88. The summed E-state index contributed by atoms with van der Waals surface area (Å²) in [7, 11) is -3.36. The van der Waals surface area contributed by atoms with Crippen molar-refractivity contribution in [2.24, 2.45) is 0 Å². The lowest BCUT2D eigenvalue weighted by atomic mass is 10.2. The summed E-state index contributed by atoms with van der Waals surface area (Å²) in [6, 6.07) is 17.3. The number of aryl methyl sites for hydroxylation is 1. The highest BCUT2D eigenvalue weighted by atomic mass is 32.2. The van der Waals surface area contributed by atoms with Crippen LogP contribution in [0.3, 0.4) is 0 Å². The van der Waals surface area contributed by atoms with Gasteiger partial charge in [-0.25, -0.2) is 8.42 Å². The van der Waals surface area contributed by atoms with Crippen molar-refractivity contribution in [1.29, 1.82) is 0 Å². The van der Waals surface area contributed by atoms with Gasteiger partial charge in [0.15, 0.2) is 0 Å². The van der Waals surface area contributed by atoms with Gasteiger partial charge in [0.2, 0.25) is 10.0 Å². The first-order valence-electron chi connectivity index (χ1n) is 9.05. The number of ether oxygens (including phenoxy) is 1. The van der Waals surface area contributed by atoms with Gasteiger partial charge in [0.25, 0.3) is 0 Å². The van der Waals surface area contributed by atoms with Gasteiger partial charge >= 0.3 is 0 Å². The normalized spacial score (nSPS) is 18.0. The number of benzene rings is 2. The second-order valence-corrected chi connectivity index (χ2v) is 8.93. The molecule has 1 aliphatic heterocycles. The summed E-state index contributed by atoms with van der Waals surface area (Å²) in [6.45, 7) is 2.82. The molecule has 140 valence electrons. The summed E-state index contributed by atoms with van der Waals surface area (Å²) >= 11 is 0. The fourth-order valence-electron chi connectivity index (χ4n) is 3.50. The Labute approximate surface area is 159 Å². The van der Waals surface area contributed by atoms with E-state index in [1.54, 1.807) is 10.5 Å². The maximum Gasteiger partial charge on any atom is 0.218 e. The van der Waals surface area contributed by atoms with Crippen LogP contribution in [0.25, 0.3) is 10.9 Å². The lowest BCUT2D eigenvalue weighted by molar-refractivity contribution is 0.218. The lowest BCUT2D eigenvalue weighted by Crippen LogP contribution is -2.32. The predicted molar refractivity (Wildman–Crippen MR) is 106 cm³/mol. The van der Waals surface area contributed by atoms with Crippen LogP contribution >= 0.6 is 0 Å². The molecule has 0 amide bonds. The predicted octanol–water partition coefficient (Wildman–Crippen LogP) is 3.53. The van der Waals surface area contributed by atoms with E-state index in [2.05, 4.69) is 4.98 Å². The maximum atomic E-state index is 12.8. The number of hydrogen-bond donors (Lipinski definition) is 0. The smallest absolute Gasteiger partial charge is 0.218 e. The van der Waals surface area contributed by atoms with Crippen molar-refractivity contribution >= 4 is 20.9 Å². The molecule has 3 aromatic rings. The molecule has 4 rings (SSSR count). The van der Waals surface area contributed by atoms with E-state index >= 15 is 0 Å². The number of hydrogen-bond acceptors (Lipinski definition) is 4. The van der Waals surface area contributed by atoms with Gasteiger partial charge in [0.1, 0.15) is 17.4 Å². The first-order chi connectivity index (χ1) is 13.0. The molecule has 27 heavy (non-hydrogen) atoms. The van der Waals surface area contributed by atoms with Gasteiger partial charge in [0, 0.05) is 18.1 Å². The number of sulfonamides is 1. The number of pyridine rings is 1. The van der Waals surface area contributed by atoms with E-state index in [4.69, 9.17) is 4.74 Å². The lowest BCUT2D eigenvalue weighted by Gasteiger charge is -2.18. The zero-order chi connectivity index (χ0) is 18.9. The maximum absolute atomic E-state index is 12.8. The Hall–Kier alpha value is -2.44. The molecule has 0 bridgehead atoms. The molecule has 0 radical (unpaired) electrons. The summed E-state index contributed by atoms with van der Waals surface area (Å²) in [6.07, 6.45) is 2.25. The quantitative estimate of drug-likeness (QED) is 0.677. The van der Waals surface area contributed by atoms with Crippen LogP contribution in [0, 0.1) is 6.92 Å². The van der Waals surface area contributed by atoms with Crippen LogP contribution in [-0.2, 0) is 15.8 Å². The summed E-state index contributed by atoms with van der Waals surface area (Å²) < 4.78 is 33.2. The van der Waals surface area contributed by atoms with E-state index in [1.165, 1.54) is 0 Å². The second kappa shape index (κ2) is 7.29. The highest BCUT2D eigenvalue weighted by Crippen LogP contribution is 2.27. The van der Waals surface area contributed by atoms with Crippen molar-refractivity contribution in [3.8, 4) is 5.75 Å². The van der Waals surface area contributed by atoms with E-state index in [1.807, 2.05) is 61.5 Å².